The van der Waals surface area contributed by atoms with Crippen LogP contribution in [0.15, 0.2) is 60.7 Å². The highest BCUT2D eigenvalue weighted by Gasteiger charge is 2.50. The highest BCUT2D eigenvalue weighted by Crippen LogP contribution is 2.36. The molecular weight excluding hydrogens is 480 g/mol. The van der Waals surface area contributed by atoms with Gasteiger partial charge in [0.15, 0.2) is 18.9 Å². The lowest BCUT2D eigenvalue weighted by Gasteiger charge is -2.47. The first-order chi connectivity index (χ1) is 17.9. The van der Waals surface area contributed by atoms with Crippen LogP contribution in [0.1, 0.15) is 25.0 Å². The highest BCUT2D eigenvalue weighted by atomic mass is 16.7. The Hall–Kier alpha value is -2.21. The molecule has 10 atom stereocenters. The minimum atomic E-state index is -1.39. The van der Waals surface area contributed by atoms with Crippen molar-refractivity contribution in [2.45, 2.75) is 76.3 Å². The molecule has 2 fully saturated rings. The molecule has 0 saturated carbocycles. The summed E-state index contributed by atoms with van der Waals surface area (Å²) < 4.78 is 29.6. The lowest BCUT2D eigenvalue weighted by atomic mass is 9.84. The zero-order chi connectivity index (χ0) is 26.4. The Kier molecular flexibility index (Phi) is 9.80. The Morgan fingerprint density at radius 2 is 1.38 bits per heavy atom. The maximum absolute atomic E-state index is 11.6. The van der Waals surface area contributed by atoms with E-state index in [4.69, 9.17) is 23.7 Å². The van der Waals surface area contributed by atoms with Crippen LogP contribution >= 0.6 is 0 Å². The van der Waals surface area contributed by atoms with Crippen molar-refractivity contribution < 1.29 is 43.8 Å². The maximum Gasteiger partial charge on any atom is 0.187 e. The minimum Gasteiger partial charge on any atom is -0.394 e. The first-order valence-electron chi connectivity index (χ1n) is 12.6. The Labute approximate surface area is 216 Å². The number of hydrogen-bond acceptors (Lipinski definition) is 9. The molecule has 9 heteroatoms. The Morgan fingerprint density at radius 1 is 0.784 bits per heavy atom. The fourth-order valence-corrected chi connectivity index (χ4v) is 4.76. The molecule has 2 aliphatic rings. The number of aldehydes is 1. The molecule has 37 heavy (non-hydrogen) atoms. The van der Waals surface area contributed by atoms with Crippen molar-refractivity contribution in [2.75, 3.05) is 6.61 Å². The van der Waals surface area contributed by atoms with Crippen LogP contribution in [-0.4, -0.2) is 77.4 Å². The average molecular weight is 517 g/mol. The third-order valence-corrected chi connectivity index (χ3v) is 7.18. The Morgan fingerprint density at radius 3 is 1.95 bits per heavy atom. The standard InChI is InChI=1S/C28H36O9/c1-17-18(2)27(34-16-20-11-7-4-8-12-20)36-22(14-30)25(17)37-28-24(32)26(23(31)21(13-29)35-28)33-15-19-9-5-3-6-10-19/h3-13,17-18,21-28,30-32H,14-16H2,1-2H3/t17-,18?,21?,22?,23-,24+,25+,26?,27+,28+/m1/s1. The molecule has 0 aromatic heterocycles. The smallest absolute Gasteiger partial charge is 0.187 e. The van der Waals surface area contributed by atoms with Gasteiger partial charge in [-0.25, -0.2) is 0 Å². The van der Waals surface area contributed by atoms with Gasteiger partial charge in [0.2, 0.25) is 0 Å². The van der Waals surface area contributed by atoms with Crippen LogP contribution in [0.4, 0.5) is 0 Å². The second-order valence-electron chi connectivity index (χ2n) is 9.69. The number of carbonyl (C=O) groups is 1. The third-order valence-electron chi connectivity index (χ3n) is 7.18. The number of hydrogen-bond donors (Lipinski definition) is 3. The van der Waals surface area contributed by atoms with Gasteiger partial charge < -0.3 is 43.8 Å². The van der Waals surface area contributed by atoms with Crippen molar-refractivity contribution in [3.05, 3.63) is 71.8 Å². The molecule has 0 radical (unpaired) electrons. The van der Waals surface area contributed by atoms with Gasteiger partial charge in [-0.1, -0.05) is 74.5 Å². The van der Waals surface area contributed by atoms with E-state index in [1.54, 1.807) is 0 Å². The maximum atomic E-state index is 11.6. The van der Waals surface area contributed by atoms with E-state index in [0.29, 0.717) is 12.9 Å². The fraction of sp³-hybridized carbons (Fsp3) is 0.536. The van der Waals surface area contributed by atoms with Crippen LogP contribution < -0.4 is 0 Å². The summed E-state index contributed by atoms with van der Waals surface area (Å²) in [7, 11) is 0. The van der Waals surface area contributed by atoms with Gasteiger partial charge in [-0.05, 0) is 17.0 Å². The summed E-state index contributed by atoms with van der Waals surface area (Å²) in [6.45, 7) is 4.05. The van der Waals surface area contributed by atoms with Crippen molar-refractivity contribution in [2.24, 2.45) is 11.8 Å². The number of rotatable bonds is 10. The van der Waals surface area contributed by atoms with Gasteiger partial charge >= 0.3 is 0 Å². The monoisotopic (exact) mass is 516 g/mol. The summed E-state index contributed by atoms with van der Waals surface area (Å²) in [5, 5.41) is 31.7. The molecule has 2 aromatic rings. The van der Waals surface area contributed by atoms with Crippen molar-refractivity contribution in [1.82, 2.24) is 0 Å². The van der Waals surface area contributed by atoms with Crippen LogP contribution in [-0.2, 0) is 41.7 Å². The predicted molar refractivity (Wildman–Crippen MR) is 132 cm³/mol. The molecule has 0 bridgehead atoms. The van der Waals surface area contributed by atoms with E-state index in [9.17, 15) is 20.1 Å². The first-order valence-corrected chi connectivity index (χ1v) is 12.6. The average Bonchev–Trinajstić information content (AvgIpc) is 2.93. The van der Waals surface area contributed by atoms with E-state index in [1.165, 1.54) is 0 Å². The summed E-state index contributed by atoms with van der Waals surface area (Å²) in [6, 6.07) is 19.0. The SMILES string of the molecule is CC1[C@@H](OCc2ccccc2)OC(CO)[C@@H](O[C@@H]2OC(C=O)[C@@H](O)C(OCc3ccccc3)[C@@H]2O)[C@@H]1C. The number of benzene rings is 2. The topological polar surface area (TPSA) is 124 Å². The third kappa shape index (κ3) is 6.63. The summed E-state index contributed by atoms with van der Waals surface area (Å²) in [5.41, 5.74) is 1.85. The molecule has 2 aromatic carbocycles. The molecule has 4 rings (SSSR count). The van der Waals surface area contributed by atoms with Gasteiger partial charge in [0.25, 0.3) is 0 Å². The van der Waals surface area contributed by atoms with E-state index in [1.807, 2.05) is 74.5 Å². The summed E-state index contributed by atoms with van der Waals surface area (Å²) >= 11 is 0. The van der Waals surface area contributed by atoms with Gasteiger partial charge in [0.1, 0.15) is 30.5 Å². The molecule has 202 valence electrons. The van der Waals surface area contributed by atoms with Crippen LogP contribution in [0.5, 0.6) is 0 Å². The molecule has 2 heterocycles. The lowest BCUT2D eigenvalue weighted by molar-refractivity contribution is -0.344. The van der Waals surface area contributed by atoms with E-state index < -0.39 is 49.2 Å². The molecule has 0 amide bonds. The highest BCUT2D eigenvalue weighted by molar-refractivity contribution is 5.57. The molecule has 3 N–H and O–H groups in total. The number of aliphatic hydroxyl groups excluding tert-OH is 3. The van der Waals surface area contributed by atoms with Crippen molar-refractivity contribution in [3.63, 3.8) is 0 Å². The van der Waals surface area contributed by atoms with Crippen LogP contribution in [0.3, 0.4) is 0 Å². The van der Waals surface area contributed by atoms with Gasteiger partial charge in [-0.2, -0.15) is 0 Å². The largest absolute Gasteiger partial charge is 0.394 e. The second kappa shape index (κ2) is 13.0. The Balaban J connectivity index is 1.42. The van der Waals surface area contributed by atoms with Crippen LogP contribution in [0.25, 0.3) is 0 Å². The van der Waals surface area contributed by atoms with Gasteiger partial charge in [0, 0.05) is 5.92 Å². The predicted octanol–water partition coefficient (Wildman–Crippen LogP) is 1.81. The van der Waals surface area contributed by atoms with Gasteiger partial charge in [-0.3, -0.25) is 0 Å². The molecule has 9 nitrogen and oxygen atoms in total. The summed E-state index contributed by atoms with van der Waals surface area (Å²) in [5.74, 6) is -0.275. The molecule has 4 unspecified atom stereocenters. The second-order valence-corrected chi connectivity index (χ2v) is 9.69. The Bertz CT molecular complexity index is 957. The summed E-state index contributed by atoms with van der Waals surface area (Å²) in [4.78, 5) is 11.6. The van der Waals surface area contributed by atoms with Gasteiger partial charge in [0.05, 0.1) is 25.9 Å². The van der Waals surface area contributed by atoms with Crippen molar-refractivity contribution in [1.29, 1.82) is 0 Å². The minimum absolute atomic E-state index is 0.116. The molecule has 0 aliphatic carbocycles. The number of carbonyl (C=O) groups excluding carboxylic acids is 1. The molecular formula is C28H36O9. The lowest BCUT2D eigenvalue weighted by Crippen LogP contribution is -2.62. The van der Waals surface area contributed by atoms with Crippen LogP contribution in [0, 0.1) is 11.8 Å². The van der Waals surface area contributed by atoms with Crippen molar-refractivity contribution >= 4 is 6.29 Å². The number of ether oxygens (including phenoxy) is 5. The first kappa shape index (κ1) is 27.8. The fourth-order valence-electron chi connectivity index (χ4n) is 4.76. The van der Waals surface area contributed by atoms with Crippen molar-refractivity contribution in [3.8, 4) is 0 Å². The normalized spacial score (nSPS) is 36.2. The van der Waals surface area contributed by atoms with E-state index in [-0.39, 0.29) is 25.0 Å². The zero-order valence-corrected chi connectivity index (χ0v) is 21.0. The summed E-state index contributed by atoms with van der Waals surface area (Å²) in [6.07, 6.45) is -7.95. The zero-order valence-electron chi connectivity index (χ0n) is 21.0. The van der Waals surface area contributed by atoms with E-state index in [2.05, 4.69) is 0 Å². The molecule has 0 spiro atoms. The number of aliphatic hydroxyl groups is 3. The quantitative estimate of drug-likeness (QED) is 0.406. The van der Waals surface area contributed by atoms with E-state index in [0.717, 1.165) is 11.1 Å². The van der Waals surface area contributed by atoms with Crippen LogP contribution in [0.2, 0.25) is 0 Å². The molecule has 2 aliphatic heterocycles. The van der Waals surface area contributed by atoms with Gasteiger partial charge in [-0.15, -0.1) is 0 Å². The van der Waals surface area contributed by atoms with E-state index >= 15 is 0 Å². The molecule has 2 saturated heterocycles.